The second kappa shape index (κ2) is 6.40. The third-order valence-corrected chi connectivity index (χ3v) is 1.89. The van der Waals surface area contributed by atoms with Gasteiger partial charge < -0.3 is 14.2 Å². The zero-order valence-electron chi connectivity index (χ0n) is 7.75. The van der Waals surface area contributed by atoms with E-state index in [1.54, 1.807) is 0 Å². The Hall–Kier alpha value is -0.120. The molecule has 0 aromatic carbocycles. The van der Waals surface area contributed by atoms with Crippen LogP contribution in [0.25, 0.3) is 0 Å². The molecule has 1 saturated heterocycles. The first-order chi connectivity index (χ1) is 5.93. The molecule has 0 bridgehead atoms. The summed E-state index contributed by atoms with van der Waals surface area (Å²) in [5.74, 6) is 0. The van der Waals surface area contributed by atoms with Crippen molar-refractivity contribution in [2.75, 3.05) is 26.6 Å². The first-order valence-electron chi connectivity index (χ1n) is 4.70. The first kappa shape index (κ1) is 9.96. The van der Waals surface area contributed by atoms with Gasteiger partial charge in [-0.05, 0) is 6.42 Å². The van der Waals surface area contributed by atoms with Crippen LogP contribution in [0.15, 0.2) is 0 Å². The number of hydrogen-bond donors (Lipinski definition) is 0. The van der Waals surface area contributed by atoms with Gasteiger partial charge in [-0.3, -0.25) is 0 Å². The van der Waals surface area contributed by atoms with Crippen molar-refractivity contribution in [1.29, 1.82) is 0 Å². The highest BCUT2D eigenvalue weighted by Crippen LogP contribution is 2.03. The minimum absolute atomic E-state index is 0.173. The number of rotatable bonds is 6. The summed E-state index contributed by atoms with van der Waals surface area (Å²) in [5, 5.41) is 0. The molecule has 3 nitrogen and oxygen atoms in total. The zero-order chi connectivity index (χ0) is 8.65. The maximum atomic E-state index is 5.41. The molecule has 0 aliphatic carbocycles. The molecule has 1 rings (SSSR count). The maximum Gasteiger partial charge on any atom is 0.147 e. The highest BCUT2D eigenvalue weighted by molar-refractivity contribution is 4.57. The quantitative estimate of drug-likeness (QED) is 0.572. The van der Waals surface area contributed by atoms with E-state index in [1.165, 1.54) is 12.8 Å². The average Bonchev–Trinajstić information content (AvgIpc) is 2.57. The molecule has 1 unspecified atom stereocenters. The molecule has 1 atom stereocenters. The molecule has 0 saturated carbocycles. The summed E-state index contributed by atoms with van der Waals surface area (Å²) in [7, 11) is 0. The van der Waals surface area contributed by atoms with Crippen LogP contribution in [0.2, 0.25) is 0 Å². The van der Waals surface area contributed by atoms with Gasteiger partial charge in [0.15, 0.2) is 0 Å². The van der Waals surface area contributed by atoms with Crippen molar-refractivity contribution in [3.8, 4) is 0 Å². The van der Waals surface area contributed by atoms with E-state index < -0.39 is 0 Å². The fraction of sp³-hybridized carbons (Fsp3) is 1.00. The molecule has 1 aliphatic rings. The molecule has 0 N–H and O–H groups in total. The van der Waals surface area contributed by atoms with Gasteiger partial charge in [0.1, 0.15) is 12.9 Å². The topological polar surface area (TPSA) is 27.7 Å². The van der Waals surface area contributed by atoms with Crippen molar-refractivity contribution < 1.29 is 14.2 Å². The van der Waals surface area contributed by atoms with Crippen molar-refractivity contribution in [2.45, 2.75) is 32.3 Å². The van der Waals surface area contributed by atoms with Crippen molar-refractivity contribution >= 4 is 0 Å². The molecular formula is C9H18O3. The van der Waals surface area contributed by atoms with Crippen molar-refractivity contribution in [1.82, 2.24) is 0 Å². The van der Waals surface area contributed by atoms with E-state index in [9.17, 15) is 0 Å². The van der Waals surface area contributed by atoms with Crippen LogP contribution in [0.5, 0.6) is 0 Å². The molecule has 3 heteroatoms. The van der Waals surface area contributed by atoms with Crippen LogP contribution in [-0.4, -0.2) is 32.7 Å². The Balaban J connectivity index is 1.81. The van der Waals surface area contributed by atoms with Crippen molar-refractivity contribution in [3.05, 3.63) is 0 Å². The second-order valence-electron chi connectivity index (χ2n) is 3.06. The van der Waals surface area contributed by atoms with Crippen LogP contribution in [-0.2, 0) is 14.2 Å². The fourth-order valence-electron chi connectivity index (χ4n) is 1.14. The highest BCUT2D eigenvalue weighted by Gasteiger charge is 2.15. The highest BCUT2D eigenvalue weighted by atomic mass is 16.7. The van der Waals surface area contributed by atoms with Crippen LogP contribution >= 0.6 is 0 Å². The van der Waals surface area contributed by atoms with E-state index in [1.807, 2.05) is 0 Å². The molecule has 0 amide bonds. The number of ether oxygens (including phenoxy) is 3. The van der Waals surface area contributed by atoms with E-state index in [0.717, 1.165) is 13.0 Å². The Morgan fingerprint density at radius 2 is 2.33 bits per heavy atom. The molecule has 0 aromatic rings. The lowest BCUT2D eigenvalue weighted by molar-refractivity contribution is 0.00453. The summed E-state index contributed by atoms with van der Waals surface area (Å²) in [5.41, 5.74) is 0. The van der Waals surface area contributed by atoms with E-state index in [4.69, 9.17) is 14.2 Å². The Labute approximate surface area is 74.0 Å². The second-order valence-corrected chi connectivity index (χ2v) is 3.06. The van der Waals surface area contributed by atoms with Crippen LogP contribution < -0.4 is 0 Å². The summed E-state index contributed by atoms with van der Waals surface area (Å²) < 4.78 is 15.7. The molecule has 1 heterocycles. The SMILES string of the molecule is CCCCCOCC1COCO1. The summed E-state index contributed by atoms with van der Waals surface area (Å²) >= 11 is 0. The van der Waals surface area contributed by atoms with Gasteiger partial charge in [-0.25, -0.2) is 0 Å². The van der Waals surface area contributed by atoms with Crippen molar-refractivity contribution in [3.63, 3.8) is 0 Å². The summed E-state index contributed by atoms with van der Waals surface area (Å²) in [6.07, 6.45) is 3.82. The molecule has 0 radical (unpaired) electrons. The number of hydrogen-bond acceptors (Lipinski definition) is 3. The van der Waals surface area contributed by atoms with Gasteiger partial charge in [0.05, 0.1) is 13.2 Å². The smallest absolute Gasteiger partial charge is 0.147 e. The lowest BCUT2D eigenvalue weighted by atomic mass is 10.3. The van der Waals surface area contributed by atoms with Crippen LogP contribution in [0.1, 0.15) is 26.2 Å². The van der Waals surface area contributed by atoms with Gasteiger partial charge >= 0.3 is 0 Å². The van der Waals surface area contributed by atoms with Gasteiger partial charge in [-0.2, -0.15) is 0 Å². The van der Waals surface area contributed by atoms with Crippen LogP contribution in [0, 0.1) is 0 Å². The van der Waals surface area contributed by atoms with E-state index in [2.05, 4.69) is 6.92 Å². The summed E-state index contributed by atoms with van der Waals surface area (Å²) in [6.45, 7) is 4.85. The molecule has 1 aliphatic heterocycles. The van der Waals surface area contributed by atoms with E-state index in [-0.39, 0.29) is 6.10 Å². The third kappa shape index (κ3) is 4.04. The first-order valence-corrected chi connectivity index (χ1v) is 4.70. The Kier molecular flexibility index (Phi) is 5.32. The molecule has 1 fully saturated rings. The van der Waals surface area contributed by atoms with Gasteiger partial charge in [-0.1, -0.05) is 19.8 Å². The number of unbranched alkanes of at least 4 members (excludes halogenated alkanes) is 2. The fourth-order valence-corrected chi connectivity index (χ4v) is 1.14. The molecular weight excluding hydrogens is 156 g/mol. The minimum atomic E-state index is 0.173. The molecule has 72 valence electrons. The Morgan fingerprint density at radius 3 is 3.00 bits per heavy atom. The van der Waals surface area contributed by atoms with E-state index >= 15 is 0 Å². The van der Waals surface area contributed by atoms with Crippen LogP contribution in [0.3, 0.4) is 0 Å². The lowest BCUT2D eigenvalue weighted by Gasteiger charge is -2.07. The standard InChI is InChI=1S/C9H18O3/c1-2-3-4-5-10-6-9-7-11-8-12-9/h9H,2-8H2,1H3. The summed E-state index contributed by atoms with van der Waals surface area (Å²) in [6, 6.07) is 0. The monoisotopic (exact) mass is 174 g/mol. The predicted octanol–water partition coefficient (Wildman–Crippen LogP) is 1.57. The van der Waals surface area contributed by atoms with Gasteiger partial charge in [0, 0.05) is 6.61 Å². The van der Waals surface area contributed by atoms with Gasteiger partial charge in [-0.15, -0.1) is 0 Å². The largest absolute Gasteiger partial charge is 0.379 e. The third-order valence-electron chi connectivity index (χ3n) is 1.89. The molecule has 12 heavy (non-hydrogen) atoms. The normalized spacial score (nSPS) is 23.2. The van der Waals surface area contributed by atoms with Crippen molar-refractivity contribution in [2.24, 2.45) is 0 Å². The average molecular weight is 174 g/mol. The molecule has 0 aromatic heterocycles. The predicted molar refractivity (Wildman–Crippen MR) is 46.0 cm³/mol. The lowest BCUT2D eigenvalue weighted by Crippen LogP contribution is -2.17. The summed E-state index contributed by atoms with van der Waals surface area (Å²) in [4.78, 5) is 0. The Bertz CT molecular complexity index is 99.9. The van der Waals surface area contributed by atoms with E-state index in [0.29, 0.717) is 20.0 Å². The maximum absolute atomic E-state index is 5.41. The van der Waals surface area contributed by atoms with Gasteiger partial charge in [0.2, 0.25) is 0 Å². The molecule has 0 spiro atoms. The minimum Gasteiger partial charge on any atom is -0.379 e. The van der Waals surface area contributed by atoms with Crippen LogP contribution in [0.4, 0.5) is 0 Å². The Morgan fingerprint density at radius 1 is 1.42 bits per heavy atom. The zero-order valence-corrected chi connectivity index (χ0v) is 7.75. The van der Waals surface area contributed by atoms with Gasteiger partial charge in [0.25, 0.3) is 0 Å².